The van der Waals surface area contributed by atoms with Crippen LogP contribution in [0.1, 0.15) is 31.0 Å². The molecule has 2 N–H and O–H groups in total. The first kappa shape index (κ1) is 13.3. The fourth-order valence-corrected chi connectivity index (χ4v) is 2.85. The monoisotopic (exact) mass is 267 g/mol. The second-order valence-electron chi connectivity index (χ2n) is 5.83. The molecule has 1 aliphatic rings. The molecule has 20 heavy (non-hydrogen) atoms. The van der Waals surface area contributed by atoms with Crippen LogP contribution < -0.4 is 5.32 Å². The molecule has 2 nitrogen and oxygen atoms in total. The average Bonchev–Trinajstić information content (AvgIpc) is 2.79. The molecule has 2 heteroatoms. The molecule has 104 valence electrons. The Kier molecular flexibility index (Phi) is 3.60. The highest BCUT2D eigenvalue weighted by Crippen LogP contribution is 2.42. The van der Waals surface area contributed by atoms with Gasteiger partial charge in [-0.1, -0.05) is 62.4 Å². The van der Waals surface area contributed by atoms with E-state index in [-0.39, 0.29) is 18.1 Å². The van der Waals surface area contributed by atoms with Gasteiger partial charge in [0, 0.05) is 6.54 Å². The zero-order valence-corrected chi connectivity index (χ0v) is 12.0. The van der Waals surface area contributed by atoms with Gasteiger partial charge < -0.3 is 10.4 Å². The van der Waals surface area contributed by atoms with Crippen molar-refractivity contribution in [2.24, 2.45) is 5.92 Å². The van der Waals surface area contributed by atoms with Gasteiger partial charge in [0.15, 0.2) is 0 Å². The maximum Gasteiger partial charge on any atom is 0.0687 e. The van der Waals surface area contributed by atoms with Crippen molar-refractivity contribution < 1.29 is 5.11 Å². The molecule has 2 aromatic rings. The molecule has 0 amide bonds. The number of rotatable bonds is 4. The number of hydrogen-bond acceptors (Lipinski definition) is 2. The van der Waals surface area contributed by atoms with Gasteiger partial charge in [0.1, 0.15) is 0 Å². The summed E-state index contributed by atoms with van der Waals surface area (Å²) in [5, 5.41) is 13.5. The van der Waals surface area contributed by atoms with E-state index in [1.54, 1.807) is 0 Å². The maximum atomic E-state index is 10.0. The van der Waals surface area contributed by atoms with E-state index >= 15 is 0 Å². The summed E-state index contributed by atoms with van der Waals surface area (Å²) in [5.74, 6) is 0.273. The van der Waals surface area contributed by atoms with Gasteiger partial charge >= 0.3 is 0 Å². The molecular weight excluding hydrogens is 246 g/mol. The van der Waals surface area contributed by atoms with Crippen molar-refractivity contribution in [3.63, 3.8) is 0 Å². The minimum atomic E-state index is -0.310. The SMILES string of the molecule is CC(C)C(O)CNC1c2ccccc2-c2ccccc21. The van der Waals surface area contributed by atoms with Gasteiger partial charge in [0.25, 0.3) is 0 Å². The standard InChI is InChI=1S/C18H21NO/c1-12(2)17(20)11-19-18-15-9-5-3-7-13(15)14-8-4-6-10-16(14)18/h3-10,12,17-20H,11H2,1-2H3. The van der Waals surface area contributed by atoms with E-state index in [0.29, 0.717) is 6.54 Å². The number of aliphatic hydroxyl groups excluding tert-OH is 1. The Morgan fingerprint density at radius 1 is 0.950 bits per heavy atom. The van der Waals surface area contributed by atoms with Gasteiger partial charge in [-0.2, -0.15) is 0 Å². The Labute approximate surface area is 120 Å². The first-order chi connectivity index (χ1) is 9.68. The van der Waals surface area contributed by atoms with Crippen LogP contribution in [0.5, 0.6) is 0 Å². The van der Waals surface area contributed by atoms with E-state index in [1.807, 2.05) is 13.8 Å². The fraction of sp³-hybridized carbons (Fsp3) is 0.333. The van der Waals surface area contributed by atoms with E-state index in [2.05, 4.69) is 53.8 Å². The first-order valence-corrected chi connectivity index (χ1v) is 7.28. The van der Waals surface area contributed by atoms with E-state index in [0.717, 1.165) is 0 Å². The second kappa shape index (κ2) is 5.39. The van der Waals surface area contributed by atoms with Crippen LogP contribution in [0.2, 0.25) is 0 Å². The zero-order valence-electron chi connectivity index (χ0n) is 12.0. The molecule has 3 rings (SSSR count). The van der Waals surface area contributed by atoms with E-state index in [4.69, 9.17) is 0 Å². The van der Waals surface area contributed by atoms with Crippen LogP contribution in [-0.4, -0.2) is 17.8 Å². The maximum absolute atomic E-state index is 10.0. The van der Waals surface area contributed by atoms with Gasteiger partial charge in [-0.25, -0.2) is 0 Å². The lowest BCUT2D eigenvalue weighted by molar-refractivity contribution is 0.121. The third-order valence-corrected chi connectivity index (χ3v) is 4.13. The lowest BCUT2D eigenvalue weighted by atomic mass is 10.0. The molecule has 0 spiro atoms. The predicted molar refractivity (Wildman–Crippen MR) is 82.6 cm³/mol. The fourth-order valence-electron chi connectivity index (χ4n) is 2.85. The van der Waals surface area contributed by atoms with Crippen molar-refractivity contribution >= 4 is 0 Å². The third kappa shape index (κ3) is 2.26. The molecule has 0 heterocycles. The highest BCUT2D eigenvalue weighted by Gasteiger charge is 2.28. The van der Waals surface area contributed by atoms with Gasteiger partial charge in [-0.3, -0.25) is 0 Å². The average molecular weight is 267 g/mol. The summed E-state index contributed by atoms with van der Waals surface area (Å²) in [6, 6.07) is 17.2. The molecule has 0 bridgehead atoms. The van der Waals surface area contributed by atoms with Crippen molar-refractivity contribution in [2.75, 3.05) is 6.54 Å². The molecule has 1 unspecified atom stereocenters. The van der Waals surface area contributed by atoms with E-state index < -0.39 is 0 Å². The van der Waals surface area contributed by atoms with E-state index in [9.17, 15) is 5.11 Å². The smallest absolute Gasteiger partial charge is 0.0687 e. The normalized spacial score (nSPS) is 15.2. The molecule has 0 aliphatic heterocycles. The summed E-state index contributed by atoms with van der Waals surface area (Å²) >= 11 is 0. The van der Waals surface area contributed by atoms with Crippen LogP contribution in [0, 0.1) is 5.92 Å². The predicted octanol–water partition coefficient (Wildman–Crippen LogP) is 3.36. The number of aliphatic hydroxyl groups is 1. The van der Waals surface area contributed by atoms with Gasteiger partial charge in [-0.05, 0) is 28.2 Å². The zero-order chi connectivity index (χ0) is 14.1. The van der Waals surface area contributed by atoms with Crippen molar-refractivity contribution in [3.8, 4) is 11.1 Å². The van der Waals surface area contributed by atoms with Crippen LogP contribution in [0.15, 0.2) is 48.5 Å². The van der Waals surface area contributed by atoms with Crippen molar-refractivity contribution in [1.82, 2.24) is 5.32 Å². The minimum absolute atomic E-state index is 0.191. The lowest BCUT2D eigenvalue weighted by Gasteiger charge is -2.20. The summed E-state index contributed by atoms with van der Waals surface area (Å²) in [7, 11) is 0. The molecule has 1 aliphatic carbocycles. The molecule has 2 aromatic carbocycles. The summed E-state index contributed by atoms with van der Waals surface area (Å²) in [4.78, 5) is 0. The number of hydrogen-bond donors (Lipinski definition) is 2. The summed E-state index contributed by atoms with van der Waals surface area (Å²) in [5.41, 5.74) is 5.23. The van der Waals surface area contributed by atoms with Crippen molar-refractivity contribution in [2.45, 2.75) is 26.0 Å². The topological polar surface area (TPSA) is 32.3 Å². The Balaban J connectivity index is 1.91. The van der Waals surface area contributed by atoms with Crippen LogP contribution in [0.25, 0.3) is 11.1 Å². The highest BCUT2D eigenvalue weighted by atomic mass is 16.3. The Bertz CT molecular complexity index is 560. The summed E-state index contributed by atoms with van der Waals surface area (Å²) < 4.78 is 0. The van der Waals surface area contributed by atoms with E-state index in [1.165, 1.54) is 22.3 Å². The van der Waals surface area contributed by atoms with Gasteiger partial charge in [0.2, 0.25) is 0 Å². The quantitative estimate of drug-likeness (QED) is 0.890. The van der Waals surface area contributed by atoms with Crippen molar-refractivity contribution in [3.05, 3.63) is 59.7 Å². The molecule has 0 saturated carbocycles. The highest BCUT2D eigenvalue weighted by molar-refractivity contribution is 5.78. The number of fused-ring (bicyclic) bond motifs is 3. The second-order valence-corrected chi connectivity index (χ2v) is 5.83. The largest absolute Gasteiger partial charge is 0.392 e. The van der Waals surface area contributed by atoms with Crippen molar-refractivity contribution in [1.29, 1.82) is 0 Å². The molecular formula is C18H21NO. The molecule has 0 radical (unpaired) electrons. The van der Waals surface area contributed by atoms with Gasteiger partial charge in [-0.15, -0.1) is 0 Å². The van der Waals surface area contributed by atoms with Crippen LogP contribution in [0.4, 0.5) is 0 Å². The minimum Gasteiger partial charge on any atom is -0.392 e. The van der Waals surface area contributed by atoms with Crippen LogP contribution in [-0.2, 0) is 0 Å². The summed E-state index contributed by atoms with van der Waals surface area (Å²) in [6.07, 6.45) is -0.310. The molecule has 0 fully saturated rings. The first-order valence-electron chi connectivity index (χ1n) is 7.28. The molecule has 0 saturated heterocycles. The van der Waals surface area contributed by atoms with Crippen LogP contribution in [0.3, 0.4) is 0 Å². The molecule has 0 aromatic heterocycles. The molecule has 1 atom stereocenters. The number of nitrogens with one attached hydrogen (secondary N) is 1. The summed E-state index contributed by atoms with van der Waals surface area (Å²) in [6.45, 7) is 4.71. The van der Waals surface area contributed by atoms with Gasteiger partial charge in [0.05, 0.1) is 12.1 Å². The Hall–Kier alpha value is -1.64. The Morgan fingerprint density at radius 3 is 1.95 bits per heavy atom. The number of benzene rings is 2. The Morgan fingerprint density at radius 2 is 1.45 bits per heavy atom. The lowest BCUT2D eigenvalue weighted by Crippen LogP contribution is -2.33. The third-order valence-electron chi connectivity index (χ3n) is 4.13. The van der Waals surface area contributed by atoms with Crippen LogP contribution >= 0.6 is 0 Å².